The molecule has 0 saturated carbocycles. The summed E-state index contributed by atoms with van der Waals surface area (Å²) in [6, 6.07) is 12.8. The van der Waals surface area contributed by atoms with Crippen LogP contribution >= 0.6 is 11.3 Å². The van der Waals surface area contributed by atoms with Crippen LogP contribution in [0, 0.1) is 5.82 Å². The van der Waals surface area contributed by atoms with Crippen molar-refractivity contribution in [3.05, 3.63) is 70.7 Å². The molecule has 1 aromatic heterocycles. The second-order valence-electron chi connectivity index (χ2n) is 5.78. The molecule has 9 heteroatoms. The van der Waals surface area contributed by atoms with Crippen molar-refractivity contribution >= 4 is 38.6 Å². The van der Waals surface area contributed by atoms with Crippen molar-refractivity contribution in [1.29, 1.82) is 0 Å². The SMILES string of the molecule is COc1ccc(NC(=O)Cc2cccs2)cc1NS(=O)(=O)c1ccc(F)cc1. The molecule has 0 aliphatic rings. The van der Waals surface area contributed by atoms with Gasteiger partial charge >= 0.3 is 0 Å². The van der Waals surface area contributed by atoms with Crippen molar-refractivity contribution in [2.45, 2.75) is 11.3 Å². The molecule has 2 aromatic carbocycles. The molecular formula is C19H17FN2O4S2. The number of benzene rings is 2. The standard InChI is InChI=1S/C19H17FN2O4S2/c1-26-18-9-6-14(21-19(23)12-15-3-2-10-27-15)11-17(18)22-28(24,25)16-7-4-13(20)5-8-16/h2-11,22H,12H2,1H3,(H,21,23). The molecule has 0 aliphatic carbocycles. The predicted molar refractivity (Wildman–Crippen MR) is 107 cm³/mol. The lowest BCUT2D eigenvalue weighted by Crippen LogP contribution is -2.16. The smallest absolute Gasteiger partial charge is 0.262 e. The molecule has 0 atom stereocenters. The van der Waals surface area contributed by atoms with Crippen LogP contribution in [0.5, 0.6) is 5.75 Å². The Morgan fingerprint density at radius 3 is 2.54 bits per heavy atom. The minimum atomic E-state index is -3.96. The first-order chi connectivity index (χ1) is 13.4. The van der Waals surface area contributed by atoms with Gasteiger partial charge < -0.3 is 10.1 Å². The molecular weight excluding hydrogens is 403 g/mol. The molecule has 3 aromatic rings. The number of hydrogen-bond acceptors (Lipinski definition) is 5. The fourth-order valence-electron chi connectivity index (χ4n) is 2.46. The highest BCUT2D eigenvalue weighted by molar-refractivity contribution is 7.92. The van der Waals surface area contributed by atoms with E-state index in [2.05, 4.69) is 10.0 Å². The van der Waals surface area contributed by atoms with Crippen LogP contribution in [0.25, 0.3) is 0 Å². The van der Waals surface area contributed by atoms with E-state index in [-0.39, 0.29) is 28.7 Å². The van der Waals surface area contributed by atoms with Crippen LogP contribution in [0.1, 0.15) is 4.88 Å². The minimum Gasteiger partial charge on any atom is -0.495 e. The molecule has 0 spiro atoms. The molecule has 1 heterocycles. The number of halogens is 1. The molecule has 6 nitrogen and oxygen atoms in total. The summed E-state index contributed by atoms with van der Waals surface area (Å²) in [4.78, 5) is 13.0. The van der Waals surface area contributed by atoms with Crippen LogP contribution in [-0.4, -0.2) is 21.4 Å². The van der Waals surface area contributed by atoms with Gasteiger partial charge in [-0.3, -0.25) is 9.52 Å². The third kappa shape index (κ3) is 4.87. The Labute approximate surface area is 166 Å². The monoisotopic (exact) mass is 420 g/mol. The van der Waals surface area contributed by atoms with E-state index >= 15 is 0 Å². The summed E-state index contributed by atoms with van der Waals surface area (Å²) in [5, 5.41) is 4.62. The summed E-state index contributed by atoms with van der Waals surface area (Å²) in [5.41, 5.74) is 0.569. The van der Waals surface area contributed by atoms with Crippen molar-refractivity contribution in [2.75, 3.05) is 17.1 Å². The van der Waals surface area contributed by atoms with Gasteiger partial charge in [-0.2, -0.15) is 0 Å². The van der Waals surface area contributed by atoms with E-state index in [4.69, 9.17) is 4.74 Å². The fourth-order valence-corrected chi connectivity index (χ4v) is 4.22. The van der Waals surface area contributed by atoms with E-state index in [1.807, 2.05) is 17.5 Å². The number of carbonyl (C=O) groups is 1. The van der Waals surface area contributed by atoms with Gasteiger partial charge in [0.25, 0.3) is 10.0 Å². The number of methoxy groups -OCH3 is 1. The Kier molecular flexibility index (Phi) is 5.96. The first kappa shape index (κ1) is 19.8. The predicted octanol–water partition coefficient (Wildman–Crippen LogP) is 3.88. The number of ether oxygens (including phenoxy) is 1. The molecule has 0 radical (unpaired) electrons. The van der Waals surface area contributed by atoms with Gasteiger partial charge in [-0.25, -0.2) is 12.8 Å². The maximum absolute atomic E-state index is 13.1. The molecule has 0 bridgehead atoms. The Hall–Kier alpha value is -2.91. The van der Waals surface area contributed by atoms with Crippen LogP contribution in [0.3, 0.4) is 0 Å². The third-order valence-electron chi connectivity index (χ3n) is 3.77. The zero-order chi connectivity index (χ0) is 20.1. The molecule has 0 saturated heterocycles. The largest absolute Gasteiger partial charge is 0.495 e. The van der Waals surface area contributed by atoms with E-state index in [0.717, 1.165) is 29.1 Å². The van der Waals surface area contributed by atoms with Gasteiger partial charge in [-0.1, -0.05) is 6.07 Å². The second-order valence-corrected chi connectivity index (χ2v) is 8.49. The summed E-state index contributed by atoms with van der Waals surface area (Å²) >= 11 is 1.48. The third-order valence-corrected chi connectivity index (χ3v) is 6.02. The fraction of sp³-hybridized carbons (Fsp3) is 0.105. The highest BCUT2D eigenvalue weighted by Gasteiger charge is 2.17. The lowest BCUT2D eigenvalue weighted by Gasteiger charge is -2.14. The van der Waals surface area contributed by atoms with Gasteiger partial charge in [0.05, 0.1) is 24.1 Å². The van der Waals surface area contributed by atoms with E-state index in [1.54, 1.807) is 12.1 Å². The molecule has 146 valence electrons. The van der Waals surface area contributed by atoms with Crippen LogP contribution in [-0.2, 0) is 21.2 Å². The van der Waals surface area contributed by atoms with Crippen LogP contribution in [0.2, 0.25) is 0 Å². The maximum atomic E-state index is 13.1. The second kappa shape index (κ2) is 8.41. The average molecular weight is 420 g/mol. The molecule has 28 heavy (non-hydrogen) atoms. The zero-order valence-corrected chi connectivity index (χ0v) is 16.4. The number of hydrogen-bond donors (Lipinski definition) is 2. The van der Waals surface area contributed by atoms with Gasteiger partial charge in [0.1, 0.15) is 11.6 Å². The first-order valence-electron chi connectivity index (χ1n) is 8.16. The van der Waals surface area contributed by atoms with Crippen molar-refractivity contribution in [2.24, 2.45) is 0 Å². The number of rotatable bonds is 7. The topological polar surface area (TPSA) is 84.5 Å². The van der Waals surface area contributed by atoms with E-state index in [9.17, 15) is 17.6 Å². The lowest BCUT2D eigenvalue weighted by atomic mass is 10.2. The molecule has 1 amide bonds. The van der Waals surface area contributed by atoms with Crippen LogP contribution in [0.15, 0.2) is 64.9 Å². The quantitative estimate of drug-likeness (QED) is 0.608. The molecule has 2 N–H and O–H groups in total. The Morgan fingerprint density at radius 2 is 1.89 bits per heavy atom. The van der Waals surface area contributed by atoms with Crippen molar-refractivity contribution in [1.82, 2.24) is 0 Å². The van der Waals surface area contributed by atoms with E-state index in [1.165, 1.54) is 24.5 Å². The Bertz CT molecular complexity index is 1070. The number of nitrogens with one attached hydrogen (secondary N) is 2. The normalized spacial score (nSPS) is 11.1. The van der Waals surface area contributed by atoms with Gasteiger partial charge in [0.2, 0.25) is 5.91 Å². The number of amides is 1. The number of carbonyl (C=O) groups excluding carboxylic acids is 1. The van der Waals surface area contributed by atoms with Crippen molar-refractivity contribution in [3.63, 3.8) is 0 Å². The molecule has 0 unspecified atom stereocenters. The molecule has 0 fully saturated rings. The number of anilines is 2. The summed E-state index contributed by atoms with van der Waals surface area (Å²) in [5.74, 6) is -0.478. The van der Waals surface area contributed by atoms with Gasteiger partial charge in [0.15, 0.2) is 0 Å². The van der Waals surface area contributed by atoms with E-state index in [0.29, 0.717) is 5.69 Å². The van der Waals surface area contributed by atoms with Crippen molar-refractivity contribution in [3.8, 4) is 5.75 Å². The lowest BCUT2D eigenvalue weighted by molar-refractivity contribution is -0.115. The number of thiophene rings is 1. The van der Waals surface area contributed by atoms with Crippen LogP contribution in [0.4, 0.5) is 15.8 Å². The average Bonchev–Trinajstić information content (AvgIpc) is 3.15. The summed E-state index contributed by atoms with van der Waals surface area (Å²) < 4.78 is 45.8. The number of sulfonamides is 1. The Morgan fingerprint density at radius 1 is 1.14 bits per heavy atom. The van der Waals surface area contributed by atoms with Gasteiger partial charge in [-0.05, 0) is 53.9 Å². The Balaban J connectivity index is 1.80. The van der Waals surface area contributed by atoms with Crippen LogP contribution < -0.4 is 14.8 Å². The summed E-state index contributed by atoms with van der Waals surface area (Å²) in [6.07, 6.45) is 0.223. The maximum Gasteiger partial charge on any atom is 0.262 e. The van der Waals surface area contributed by atoms with E-state index < -0.39 is 15.8 Å². The highest BCUT2D eigenvalue weighted by atomic mass is 32.2. The summed E-state index contributed by atoms with van der Waals surface area (Å²) in [6.45, 7) is 0. The minimum absolute atomic E-state index is 0.0944. The summed E-state index contributed by atoms with van der Waals surface area (Å²) in [7, 11) is -2.55. The highest BCUT2D eigenvalue weighted by Crippen LogP contribution is 2.30. The van der Waals surface area contributed by atoms with Gasteiger partial charge in [-0.15, -0.1) is 11.3 Å². The van der Waals surface area contributed by atoms with Gasteiger partial charge in [0, 0.05) is 10.6 Å². The zero-order valence-electron chi connectivity index (χ0n) is 14.8. The first-order valence-corrected chi connectivity index (χ1v) is 10.5. The van der Waals surface area contributed by atoms with Crippen molar-refractivity contribution < 1.29 is 22.3 Å². The molecule has 0 aliphatic heterocycles. The molecule has 3 rings (SSSR count).